The van der Waals surface area contributed by atoms with Crippen LogP contribution in [0.1, 0.15) is 49.7 Å². The molecule has 2 rings (SSSR count). The van der Waals surface area contributed by atoms with E-state index in [0.717, 1.165) is 12.0 Å². The van der Waals surface area contributed by atoms with Gasteiger partial charge in [0.15, 0.2) is 0 Å². The van der Waals surface area contributed by atoms with Gasteiger partial charge in [-0.25, -0.2) is 0 Å². The van der Waals surface area contributed by atoms with E-state index in [4.69, 9.17) is 15.0 Å². The Morgan fingerprint density at radius 2 is 1.95 bits per heavy atom. The van der Waals surface area contributed by atoms with Gasteiger partial charge in [0, 0.05) is 7.11 Å². The van der Waals surface area contributed by atoms with Crippen LogP contribution >= 0.6 is 0 Å². The smallest absolute Gasteiger partial charge is 0.243 e. The zero-order chi connectivity index (χ0) is 14.5. The summed E-state index contributed by atoms with van der Waals surface area (Å²) in [6.07, 6.45) is 0.477. The zero-order valence-corrected chi connectivity index (χ0v) is 12.1. The first-order chi connectivity index (χ1) is 9.61. The molecule has 20 heavy (non-hydrogen) atoms. The highest BCUT2D eigenvalue weighted by atomic mass is 16.5. The van der Waals surface area contributed by atoms with Gasteiger partial charge in [-0.3, -0.25) is 0 Å². The molecule has 0 spiro atoms. The van der Waals surface area contributed by atoms with E-state index in [1.54, 1.807) is 7.11 Å². The lowest BCUT2D eigenvalue weighted by atomic mass is 10.0. The van der Waals surface area contributed by atoms with Gasteiger partial charge >= 0.3 is 0 Å². The number of rotatable bonds is 6. The van der Waals surface area contributed by atoms with E-state index in [-0.39, 0.29) is 12.1 Å². The molecule has 5 heteroatoms. The molecule has 2 unspecified atom stereocenters. The van der Waals surface area contributed by atoms with Gasteiger partial charge in [-0.1, -0.05) is 49.3 Å². The minimum Gasteiger partial charge on any atom is -0.369 e. The van der Waals surface area contributed by atoms with Crippen LogP contribution in [0.3, 0.4) is 0 Å². The number of hydrogen-bond donors (Lipinski definition) is 1. The van der Waals surface area contributed by atoms with Crippen molar-refractivity contribution in [2.75, 3.05) is 7.11 Å². The average molecular weight is 275 g/mol. The second-order valence-corrected chi connectivity index (χ2v) is 5.25. The second-order valence-electron chi connectivity index (χ2n) is 5.25. The van der Waals surface area contributed by atoms with E-state index in [1.807, 2.05) is 30.3 Å². The van der Waals surface area contributed by atoms with Crippen LogP contribution < -0.4 is 5.73 Å². The fraction of sp³-hybridized carbons (Fsp3) is 0.467. The van der Waals surface area contributed by atoms with Crippen LogP contribution in [0, 0.1) is 5.92 Å². The van der Waals surface area contributed by atoms with E-state index in [2.05, 4.69) is 24.0 Å². The van der Waals surface area contributed by atoms with Crippen molar-refractivity contribution < 1.29 is 9.26 Å². The third-order valence-electron chi connectivity index (χ3n) is 3.07. The van der Waals surface area contributed by atoms with Gasteiger partial charge in [0.25, 0.3) is 0 Å². The monoisotopic (exact) mass is 275 g/mol. The van der Waals surface area contributed by atoms with Gasteiger partial charge < -0.3 is 15.0 Å². The lowest BCUT2D eigenvalue weighted by Gasteiger charge is -2.11. The third kappa shape index (κ3) is 3.43. The molecule has 108 valence electrons. The third-order valence-corrected chi connectivity index (χ3v) is 3.07. The number of hydrogen-bond acceptors (Lipinski definition) is 5. The maximum atomic E-state index is 6.05. The quantitative estimate of drug-likeness (QED) is 0.877. The van der Waals surface area contributed by atoms with Gasteiger partial charge in [-0.15, -0.1) is 0 Å². The molecule has 2 atom stereocenters. The Morgan fingerprint density at radius 3 is 2.55 bits per heavy atom. The van der Waals surface area contributed by atoms with E-state index in [0.29, 0.717) is 17.6 Å². The summed E-state index contributed by atoms with van der Waals surface area (Å²) < 4.78 is 10.7. The molecule has 2 N–H and O–H groups in total. The normalized spacial score (nSPS) is 14.4. The summed E-state index contributed by atoms with van der Waals surface area (Å²) in [5.41, 5.74) is 7.04. The highest BCUT2D eigenvalue weighted by Gasteiger charge is 2.22. The Balaban J connectivity index is 2.18. The molecule has 0 fully saturated rings. The predicted octanol–water partition coefficient (Wildman–Crippen LogP) is 2.85. The number of nitrogens with two attached hydrogens (primary N) is 1. The number of ether oxygens (including phenoxy) is 1. The molecular weight excluding hydrogens is 254 g/mol. The van der Waals surface area contributed by atoms with Crippen LogP contribution in [0.25, 0.3) is 0 Å². The summed E-state index contributed by atoms with van der Waals surface area (Å²) in [6, 6.07) is 9.57. The first kappa shape index (κ1) is 14.7. The summed E-state index contributed by atoms with van der Waals surface area (Å²) in [5, 5.41) is 4.00. The first-order valence-corrected chi connectivity index (χ1v) is 6.78. The Hall–Kier alpha value is -1.72. The number of methoxy groups -OCH3 is 1. The first-order valence-electron chi connectivity index (χ1n) is 6.78. The van der Waals surface area contributed by atoms with Crippen molar-refractivity contribution in [3.05, 3.63) is 47.6 Å². The van der Waals surface area contributed by atoms with Crippen LogP contribution in [-0.4, -0.2) is 17.3 Å². The fourth-order valence-corrected chi connectivity index (χ4v) is 2.13. The maximum Gasteiger partial charge on any atom is 0.243 e. The van der Waals surface area contributed by atoms with Crippen LogP contribution in [0.15, 0.2) is 34.9 Å². The molecule has 0 radical (unpaired) electrons. The number of benzene rings is 1. The Morgan fingerprint density at radius 1 is 1.25 bits per heavy atom. The Kier molecular flexibility index (Phi) is 4.87. The van der Waals surface area contributed by atoms with Crippen molar-refractivity contribution in [3.8, 4) is 0 Å². The van der Waals surface area contributed by atoms with Crippen LogP contribution in [0.2, 0.25) is 0 Å². The fourth-order valence-electron chi connectivity index (χ4n) is 2.13. The van der Waals surface area contributed by atoms with Gasteiger partial charge in [0.05, 0.1) is 6.04 Å². The standard InChI is InChI=1S/C15H21N3O2/c1-10(2)9-12(16)15-17-14(18-20-15)13(19-3)11-7-5-4-6-8-11/h4-8,10,12-13H,9,16H2,1-3H3. The molecule has 0 saturated heterocycles. The topological polar surface area (TPSA) is 74.2 Å². The highest BCUT2D eigenvalue weighted by molar-refractivity contribution is 5.22. The molecule has 1 aromatic heterocycles. The Bertz CT molecular complexity index is 525. The van der Waals surface area contributed by atoms with Gasteiger partial charge in [0.1, 0.15) is 6.10 Å². The summed E-state index contributed by atoms with van der Waals surface area (Å²) in [6.45, 7) is 4.22. The molecule has 2 aromatic rings. The van der Waals surface area contributed by atoms with Crippen molar-refractivity contribution in [3.63, 3.8) is 0 Å². The average Bonchev–Trinajstić information content (AvgIpc) is 2.90. The molecule has 0 amide bonds. The largest absolute Gasteiger partial charge is 0.369 e. The van der Waals surface area contributed by atoms with Crippen molar-refractivity contribution in [2.24, 2.45) is 11.7 Å². The summed E-state index contributed by atoms with van der Waals surface area (Å²) in [7, 11) is 1.63. The lowest BCUT2D eigenvalue weighted by molar-refractivity contribution is 0.126. The van der Waals surface area contributed by atoms with Crippen LogP contribution in [0.5, 0.6) is 0 Å². The van der Waals surface area contributed by atoms with Crippen molar-refractivity contribution >= 4 is 0 Å². The van der Waals surface area contributed by atoms with Crippen molar-refractivity contribution in [1.29, 1.82) is 0 Å². The van der Waals surface area contributed by atoms with Gasteiger partial charge in [0.2, 0.25) is 11.7 Å². The van der Waals surface area contributed by atoms with Crippen LogP contribution in [0.4, 0.5) is 0 Å². The second kappa shape index (κ2) is 6.63. The molecule has 0 bridgehead atoms. The lowest BCUT2D eigenvalue weighted by Crippen LogP contribution is -2.13. The molecule has 0 aliphatic carbocycles. The maximum absolute atomic E-state index is 6.05. The van der Waals surface area contributed by atoms with E-state index in [1.165, 1.54) is 0 Å². The molecule has 0 saturated carbocycles. The highest BCUT2D eigenvalue weighted by Crippen LogP contribution is 2.24. The Labute approximate surface area is 119 Å². The predicted molar refractivity (Wildman–Crippen MR) is 76.0 cm³/mol. The number of aromatic nitrogens is 2. The van der Waals surface area contributed by atoms with E-state index >= 15 is 0 Å². The molecule has 0 aliphatic heterocycles. The summed E-state index contributed by atoms with van der Waals surface area (Å²) in [4.78, 5) is 4.38. The minimum atomic E-state index is -0.333. The van der Waals surface area contributed by atoms with E-state index in [9.17, 15) is 0 Å². The molecule has 1 aromatic carbocycles. The van der Waals surface area contributed by atoms with Crippen LogP contribution in [-0.2, 0) is 4.74 Å². The SMILES string of the molecule is COC(c1ccccc1)c1noc(C(N)CC(C)C)n1. The van der Waals surface area contributed by atoms with Crippen molar-refractivity contribution in [2.45, 2.75) is 32.4 Å². The summed E-state index contributed by atoms with van der Waals surface area (Å²) in [5.74, 6) is 1.45. The number of nitrogens with zero attached hydrogens (tertiary/aromatic N) is 2. The zero-order valence-electron chi connectivity index (χ0n) is 12.1. The van der Waals surface area contributed by atoms with Gasteiger partial charge in [-0.2, -0.15) is 4.98 Å². The van der Waals surface area contributed by atoms with E-state index < -0.39 is 0 Å². The molecular formula is C15H21N3O2. The minimum absolute atomic E-state index is 0.232. The molecule has 5 nitrogen and oxygen atoms in total. The van der Waals surface area contributed by atoms with Crippen molar-refractivity contribution in [1.82, 2.24) is 10.1 Å². The van der Waals surface area contributed by atoms with Gasteiger partial charge in [-0.05, 0) is 17.9 Å². The molecule has 1 heterocycles. The molecule has 0 aliphatic rings. The summed E-state index contributed by atoms with van der Waals surface area (Å²) >= 11 is 0.